The second-order valence-electron chi connectivity index (χ2n) is 7.53. The van der Waals surface area contributed by atoms with Gasteiger partial charge in [-0.15, -0.1) is 0 Å². The Bertz CT molecular complexity index is 774. The van der Waals surface area contributed by atoms with Crippen molar-refractivity contribution in [2.24, 2.45) is 0 Å². The molecular formula is C21H29N3O3. The maximum absolute atomic E-state index is 12.7. The molecule has 0 bridgehead atoms. The van der Waals surface area contributed by atoms with E-state index >= 15 is 0 Å². The van der Waals surface area contributed by atoms with Gasteiger partial charge in [0.05, 0.1) is 12.2 Å². The van der Waals surface area contributed by atoms with Gasteiger partial charge in [0.15, 0.2) is 0 Å². The fraction of sp³-hybridized carbons (Fsp3) is 0.524. The highest BCUT2D eigenvalue weighted by molar-refractivity contribution is 5.74. The van der Waals surface area contributed by atoms with E-state index < -0.39 is 0 Å². The van der Waals surface area contributed by atoms with Crippen LogP contribution in [0.4, 0.5) is 4.79 Å². The zero-order valence-corrected chi connectivity index (χ0v) is 16.7. The third kappa shape index (κ3) is 4.16. The first-order chi connectivity index (χ1) is 12.9. The average Bonchev–Trinajstić information content (AvgIpc) is 2.99. The summed E-state index contributed by atoms with van der Waals surface area (Å²) in [6, 6.07) is 8.36. The monoisotopic (exact) mass is 371 g/mol. The van der Waals surface area contributed by atoms with E-state index in [2.05, 4.69) is 41.7 Å². The topological polar surface area (TPSA) is 67.6 Å². The highest BCUT2D eigenvalue weighted by atomic mass is 16.5. The van der Waals surface area contributed by atoms with E-state index in [1.165, 1.54) is 11.1 Å². The molecule has 1 N–H and O–H groups in total. The molecule has 1 saturated heterocycles. The first-order valence-electron chi connectivity index (χ1n) is 9.47. The summed E-state index contributed by atoms with van der Waals surface area (Å²) < 4.78 is 10.8. The Labute approximate surface area is 160 Å². The van der Waals surface area contributed by atoms with Gasteiger partial charge in [-0.25, -0.2) is 4.79 Å². The molecule has 1 aromatic heterocycles. The summed E-state index contributed by atoms with van der Waals surface area (Å²) in [6.07, 6.45) is 1.82. The molecule has 2 amide bonds. The summed E-state index contributed by atoms with van der Waals surface area (Å²) in [5.41, 5.74) is 4.28. The van der Waals surface area contributed by atoms with Crippen molar-refractivity contribution >= 4 is 6.03 Å². The number of ether oxygens (including phenoxy) is 1. The van der Waals surface area contributed by atoms with E-state index in [0.29, 0.717) is 13.1 Å². The van der Waals surface area contributed by atoms with Gasteiger partial charge in [0.1, 0.15) is 5.76 Å². The van der Waals surface area contributed by atoms with Gasteiger partial charge < -0.3 is 19.5 Å². The number of aromatic nitrogens is 1. The largest absolute Gasteiger partial charge is 0.381 e. The van der Waals surface area contributed by atoms with E-state index in [-0.39, 0.29) is 11.4 Å². The number of rotatable bonds is 5. The second-order valence-corrected chi connectivity index (χ2v) is 7.53. The van der Waals surface area contributed by atoms with Crippen LogP contribution in [0.2, 0.25) is 0 Å². The number of nitrogens with one attached hydrogen (secondary N) is 1. The lowest BCUT2D eigenvalue weighted by Crippen LogP contribution is -2.48. The number of nitrogens with zero attached hydrogens (tertiary/aromatic N) is 2. The van der Waals surface area contributed by atoms with Crippen LogP contribution in [0.25, 0.3) is 0 Å². The molecule has 3 rings (SSSR count). The lowest BCUT2D eigenvalue weighted by molar-refractivity contribution is 0.0500. The van der Waals surface area contributed by atoms with Crippen LogP contribution < -0.4 is 5.32 Å². The number of carbonyl (C=O) groups excluding carboxylic acids is 1. The van der Waals surface area contributed by atoms with Crippen LogP contribution in [0.3, 0.4) is 0 Å². The smallest absolute Gasteiger partial charge is 0.317 e. The zero-order valence-electron chi connectivity index (χ0n) is 16.7. The van der Waals surface area contributed by atoms with E-state index in [4.69, 9.17) is 9.26 Å². The molecule has 0 spiro atoms. The van der Waals surface area contributed by atoms with Crippen LogP contribution in [0.15, 0.2) is 28.8 Å². The minimum absolute atomic E-state index is 0.0802. The Kier molecular flexibility index (Phi) is 5.85. The zero-order chi connectivity index (χ0) is 19.4. The molecule has 1 fully saturated rings. The molecule has 1 aromatic carbocycles. The average molecular weight is 371 g/mol. The van der Waals surface area contributed by atoms with Gasteiger partial charge in [0.25, 0.3) is 0 Å². The van der Waals surface area contributed by atoms with Crippen molar-refractivity contribution < 1.29 is 14.1 Å². The van der Waals surface area contributed by atoms with Crippen LogP contribution in [0.5, 0.6) is 0 Å². The Morgan fingerprint density at radius 3 is 2.56 bits per heavy atom. The molecule has 1 aliphatic rings. The van der Waals surface area contributed by atoms with Crippen LogP contribution >= 0.6 is 0 Å². The standard InChI is InChI=1S/C21H29N3O3/c1-15-7-5-6-8-19(15)21(9-11-26-12-10-21)14-22-20(25)24(4)13-18-16(2)23-27-17(18)3/h5-8H,9-14H2,1-4H3,(H,22,25). The summed E-state index contributed by atoms with van der Waals surface area (Å²) in [6.45, 7) is 8.43. The maximum Gasteiger partial charge on any atom is 0.317 e. The van der Waals surface area contributed by atoms with Crippen LogP contribution in [0, 0.1) is 20.8 Å². The Morgan fingerprint density at radius 2 is 1.93 bits per heavy atom. The molecule has 0 saturated carbocycles. The van der Waals surface area contributed by atoms with Gasteiger partial charge in [-0.05, 0) is 44.7 Å². The van der Waals surface area contributed by atoms with Crippen molar-refractivity contribution in [2.45, 2.75) is 45.6 Å². The molecule has 0 atom stereocenters. The predicted molar refractivity (Wildman–Crippen MR) is 104 cm³/mol. The third-order valence-electron chi connectivity index (χ3n) is 5.67. The number of carbonyl (C=O) groups is 1. The Balaban J connectivity index is 1.70. The number of hydrogen-bond acceptors (Lipinski definition) is 4. The molecule has 2 heterocycles. The highest BCUT2D eigenvalue weighted by Crippen LogP contribution is 2.36. The van der Waals surface area contributed by atoms with Gasteiger partial charge in [-0.2, -0.15) is 0 Å². The lowest BCUT2D eigenvalue weighted by atomic mass is 9.72. The number of benzene rings is 1. The van der Waals surface area contributed by atoms with Gasteiger partial charge in [0, 0.05) is 37.8 Å². The van der Waals surface area contributed by atoms with Gasteiger partial charge in [-0.3, -0.25) is 0 Å². The molecule has 2 aromatic rings. The number of hydrogen-bond donors (Lipinski definition) is 1. The molecular weight excluding hydrogens is 342 g/mol. The van der Waals surface area contributed by atoms with Crippen molar-refractivity contribution in [3.63, 3.8) is 0 Å². The number of amides is 2. The summed E-state index contributed by atoms with van der Waals surface area (Å²) >= 11 is 0. The number of urea groups is 1. The molecule has 0 unspecified atom stereocenters. The van der Waals surface area contributed by atoms with Crippen molar-refractivity contribution in [1.29, 1.82) is 0 Å². The lowest BCUT2D eigenvalue weighted by Gasteiger charge is -2.39. The summed E-state index contributed by atoms with van der Waals surface area (Å²) in [7, 11) is 1.80. The SMILES string of the molecule is Cc1ccccc1C1(CNC(=O)N(C)Cc2c(C)noc2C)CCOCC1. The van der Waals surface area contributed by atoms with E-state index in [0.717, 1.165) is 43.1 Å². The summed E-state index contributed by atoms with van der Waals surface area (Å²) in [5.74, 6) is 0.757. The Hall–Kier alpha value is -2.34. The minimum atomic E-state index is -0.0885. The summed E-state index contributed by atoms with van der Waals surface area (Å²) in [4.78, 5) is 14.4. The maximum atomic E-state index is 12.7. The van der Waals surface area contributed by atoms with Crippen molar-refractivity contribution in [3.05, 3.63) is 52.4 Å². The van der Waals surface area contributed by atoms with Crippen molar-refractivity contribution in [2.75, 3.05) is 26.8 Å². The van der Waals surface area contributed by atoms with Gasteiger partial charge in [0.2, 0.25) is 0 Å². The van der Waals surface area contributed by atoms with Gasteiger partial charge >= 0.3 is 6.03 Å². The first kappa shape index (κ1) is 19.4. The highest BCUT2D eigenvalue weighted by Gasteiger charge is 2.36. The van der Waals surface area contributed by atoms with Crippen molar-refractivity contribution in [1.82, 2.24) is 15.4 Å². The fourth-order valence-corrected chi connectivity index (χ4v) is 3.89. The minimum Gasteiger partial charge on any atom is -0.381 e. The fourth-order valence-electron chi connectivity index (χ4n) is 3.89. The number of aryl methyl sites for hydroxylation is 3. The molecule has 146 valence electrons. The first-order valence-corrected chi connectivity index (χ1v) is 9.47. The van der Waals surface area contributed by atoms with Gasteiger partial charge in [-0.1, -0.05) is 29.4 Å². The quantitative estimate of drug-likeness (QED) is 0.874. The van der Waals surface area contributed by atoms with E-state index in [9.17, 15) is 4.79 Å². The normalized spacial score (nSPS) is 16.1. The predicted octanol–water partition coefficient (Wildman–Crippen LogP) is 3.49. The second kappa shape index (κ2) is 8.13. The molecule has 0 radical (unpaired) electrons. The van der Waals surface area contributed by atoms with E-state index in [1.807, 2.05) is 13.8 Å². The molecule has 6 heteroatoms. The molecule has 27 heavy (non-hydrogen) atoms. The van der Waals surface area contributed by atoms with Crippen molar-refractivity contribution in [3.8, 4) is 0 Å². The van der Waals surface area contributed by atoms with E-state index in [1.54, 1.807) is 11.9 Å². The third-order valence-corrected chi connectivity index (χ3v) is 5.67. The van der Waals surface area contributed by atoms with Crippen LogP contribution in [-0.2, 0) is 16.7 Å². The molecule has 6 nitrogen and oxygen atoms in total. The Morgan fingerprint density at radius 1 is 1.22 bits per heavy atom. The van der Waals surface area contributed by atoms with Crippen LogP contribution in [-0.4, -0.2) is 42.9 Å². The molecule has 1 aliphatic heterocycles. The van der Waals surface area contributed by atoms with Crippen LogP contribution in [0.1, 0.15) is 41.0 Å². The summed E-state index contributed by atoms with van der Waals surface area (Å²) in [5, 5.41) is 7.11. The molecule has 0 aliphatic carbocycles.